The standard InChI is InChI=1S/C14H18ClNO4/c1-17-4-5-18-6-7-19-8-9-20-14-3-2-12(11-16)10-13(14)15/h2-3,10H,4-9H2,1H3. The lowest BCUT2D eigenvalue weighted by Gasteiger charge is -2.09. The van der Waals surface area contributed by atoms with Crippen LogP contribution in [0.4, 0.5) is 0 Å². The summed E-state index contributed by atoms with van der Waals surface area (Å²) in [6.07, 6.45) is 0. The van der Waals surface area contributed by atoms with Gasteiger partial charge in [-0.25, -0.2) is 0 Å². The number of rotatable bonds is 10. The molecule has 110 valence electrons. The van der Waals surface area contributed by atoms with Gasteiger partial charge in [0.2, 0.25) is 0 Å². The Balaban J connectivity index is 2.08. The first-order chi connectivity index (χ1) is 9.77. The van der Waals surface area contributed by atoms with Crippen LogP contribution in [0.5, 0.6) is 5.75 Å². The molecule has 20 heavy (non-hydrogen) atoms. The van der Waals surface area contributed by atoms with Gasteiger partial charge in [-0.1, -0.05) is 11.6 Å². The summed E-state index contributed by atoms with van der Waals surface area (Å²) in [6.45, 7) is 3.03. The lowest BCUT2D eigenvalue weighted by atomic mass is 10.2. The first kappa shape index (κ1) is 16.7. The van der Waals surface area contributed by atoms with E-state index in [-0.39, 0.29) is 0 Å². The monoisotopic (exact) mass is 299 g/mol. The molecule has 0 N–H and O–H groups in total. The maximum atomic E-state index is 8.71. The van der Waals surface area contributed by atoms with Crippen molar-refractivity contribution in [1.29, 1.82) is 5.26 Å². The van der Waals surface area contributed by atoms with Gasteiger partial charge in [0.05, 0.1) is 49.7 Å². The van der Waals surface area contributed by atoms with Crippen molar-refractivity contribution in [2.45, 2.75) is 0 Å². The predicted octanol–water partition coefficient (Wildman–Crippen LogP) is 2.27. The Kier molecular flexibility index (Phi) is 8.76. The van der Waals surface area contributed by atoms with Gasteiger partial charge in [-0.05, 0) is 18.2 Å². The van der Waals surface area contributed by atoms with E-state index < -0.39 is 0 Å². The van der Waals surface area contributed by atoms with Gasteiger partial charge in [0.1, 0.15) is 12.4 Å². The Labute approximate surface area is 124 Å². The lowest BCUT2D eigenvalue weighted by Crippen LogP contribution is -2.12. The molecule has 5 nitrogen and oxygen atoms in total. The van der Waals surface area contributed by atoms with Crippen LogP contribution in [-0.2, 0) is 14.2 Å². The molecule has 0 amide bonds. The van der Waals surface area contributed by atoms with Crippen LogP contribution in [0.2, 0.25) is 5.02 Å². The van der Waals surface area contributed by atoms with E-state index in [4.69, 9.17) is 35.8 Å². The Morgan fingerprint density at radius 2 is 1.70 bits per heavy atom. The second kappa shape index (κ2) is 10.5. The fraction of sp³-hybridized carbons (Fsp3) is 0.500. The maximum Gasteiger partial charge on any atom is 0.138 e. The van der Waals surface area contributed by atoms with Gasteiger partial charge in [-0.2, -0.15) is 5.26 Å². The molecule has 0 fully saturated rings. The zero-order valence-electron chi connectivity index (χ0n) is 11.4. The molecule has 0 spiro atoms. The number of ether oxygens (including phenoxy) is 4. The SMILES string of the molecule is COCCOCCOCCOc1ccc(C#N)cc1Cl. The van der Waals surface area contributed by atoms with Crippen molar-refractivity contribution in [2.24, 2.45) is 0 Å². The third-order valence-corrected chi connectivity index (χ3v) is 2.65. The second-order valence-corrected chi connectivity index (χ2v) is 4.23. The van der Waals surface area contributed by atoms with Crippen LogP contribution in [-0.4, -0.2) is 46.8 Å². The van der Waals surface area contributed by atoms with Gasteiger partial charge in [0.15, 0.2) is 0 Å². The molecule has 0 bridgehead atoms. The number of halogens is 1. The van der Waals surface area contributed by atoms with E-state index in [1.165, 1.54) is 0 Å². The lowest BCUT2D eigenvalue weighted by molar-refractivity contribution is 0.0180. The minimum Gasteiger partial charge on any atom is -0.490 e. The highest BCUT2D eigenvalue weighted by Crippen LogP contribution is 2.24. The largest absolute Gasteiger partial charge is 0.490 e. The number of methoxy groups -OCH3 is 1. The summed E-state index contributed by atoms with van der Waals surface area (Å²) in [7, 11) is 1.63. The van der Waals surface area contributed by atoms with Gasteiger partial charge in [0, 0.05) is 7.11 Å². The Morgan fingerprint density at radius 1 is 1.05 bits per heavy atom. The van der Waals surface area contributed by atoms with Crippen molar-refractivity contribution in [2.75, 3.05) is 46.8 Å². The highest BCUT2D eigenvalue weighted by Gasteiger charge is 2.02. The molecule has 0 aliphatic heterocycles. The zero-order chi connectivity index (χ0) is 14.6. The summed E-state index contributed by atoms with van der Waals surface area (Å²) in [4.78, 5) is 0. The Bertz CT molecular complexity index is 434. The van der Waals surface area contributed by atoms with Crippen molar-refractivity contribution < 1.29 is 18.9 Å². The van der Waals surface area contributed by atoms with Crippen LogP contribution in [0.1, 0.15) is 5.56 Å². The summed E-state index contributed by atoms with van der Waals surface area (Å²) >= 11 is 5.97. The van der Waals surface area contributed by atoms with Crippen LogP contribution in [0, 0.1) is 11.3 Å². The molecule has 0 radical (unpaired) electrons. The molecule has 1 aromatic rings. The summed E-state index contributed by atoms with van der Waals surface area (Å²) in [5.41, 5.74) is 0.506. The molecule has 1 aromatic carbocycles. The Hall–Kier alpha value is -1.32. The van der Waals surface area contributed by atoms with Crippen LogP contribution in [0.3, 0.4) is 0 Å². The van der Waals surface area contributed by atoms with E-state index in [0.29, 0.717) is 56.0 Å². The van der Waals surface area contributed by atoms with E-state index in [9.17, 15) is 0 Å². The van der Waals surface area contributed by atoms with Crippen LogP contribution in [0.15, 0.2) is 18.2 Å². The van der Waals surface area contributed by atoms with Gasteiger partial charge >= 0.3 is 0 Å². The number of nitriles is 1. The molecule has 0 aliphatic carbocycles. The van der Waals surface area contributed by atoms with Crippen molar-refractivity contribution >= 4 is 11.6 Å². The van der Waals surface area contributed by atoms with Crippen molar-refractivity contribution in [3.8, 4) is 11.8 Å². The molecular formula is C14H18ClNO4. The first-order valence-electron chi connectivity index (χ1n) is 6.25. The van der Waals surface area contributed by atoms with Crippen LogP contribution < -0.4 is 4.74 Å². The zero-order valence-corrected chi connectivity index (χ0v) is 12.2. The average molecular weight is 300 g/mol. The maximum absolute atomic E-state index is 8.71. The number of nitrogens with zero attached hydrogens (tertiary/aromatic N) is 1. The molecule has 1 rings (SSSR count). The molecule has 0 heterocycles. The molecule has 6 heteroatoms. The molecule has 0 unspecified atom stereocenters. The van der Waals surface area contributed by atoms with Crippen LogP contribution >= 0.6 is 11.6 Å². The van der Waals surface area contributed by atoms with E-state index >= 15 is 0 Å². The molecule has 0 saturated heterocycles. The summed E-state index contributed by atoms with van der Waals surface area (Å²) in [6, 6.07) is 6.92. The fourth-order valence-electron chi connectivity index (χ4n) is 1.36. The fourth-order valence-corrected chi connectivity index (χ4v) is 1.60. The summed E-state index contributed by atoms with van der Waals surface area (Å²) < 4.78 is 20.9. The van der Waals surface area contributed by atoms with E-state index in [2.05, 4.69) is 0 Å². The van der Waals surface area contributed by atoms with Gasteiger partial charge in [0.25, 0.3) is 0 Å². The second-order valence-electron chi connectivity index (χ2n) is 3.82. The molecule has 0 aromatic heterocycles. The normalized spacial score (nSPS) is 10.2. The van der Waals surface area contributed by atoms with E-state index in [1.807, 2.05) is 6.07 Å². The van der Waals surface area contributed by atoms with E-state index in [0.717, 1.165) is 0 Å². The van der Waals surface area contributed by atoms with E-state index in [1.54, 1.807) is 25.3 Å². The minimum atomic E-state index is 0.393. The molecule has 0 saturated carbocycles. The predicted molar refractivity (Wildman–Crippen MR) is 75.2 cm³/mol. The van der Waals surface area contributed by atoms with Crippen molar-refractivity contribution in [3.05, 3.63) is 28.8 Å². The minimum absolute atomic E-state index is 0.393. The van der Waals surface area contributed by atoms with Crippen molar-refractivity contribution in [3.63, 3.8) is 0 Å². The average Bonchev–Trinajstić information content (AvgIpc) is 2.47. The highest BCUT2D eigenvalue weighted by atomic mass is 35.5. The molecule has 0 atom stereocenters. The van der Waals surface area contributed by atoms with Crippen molar-refractivity contribution in [1.82, 2.24) is 0 Å². The third-order valence-electron chi connectivity index (χ3n) is 2.35. The topological polar surface area (TPSA) is 60.7 Å². The quantitative estimate of drug-likeness (QED) is 0.620. The highest BCUT2D eigenvalue weighted by molar-refractivity contribution is 6.32. The molecule has 0 aliphatic rings. The van der Waals surface area contributed by atoms with Gasteiger partial charge < -0.3 is 18.9 Å². The van der Waals surface area contributed by atoms with Crippen LogP contribution in [0.25, 0.3) is 0 Å². The number of hydrogen-bond acceptors (Lipinski definition) is 5. The molecular weight excluding hydrogens is 282 g/mol. The summed E-state index contributed by atoms with van der Waals surface area (Å²) in [5.74, 6) is 0.547. The number of hydrogen-bond donors (Lipinski definition) is 0. The van der Waals surface area contributed by atoms with Gasteiger partial charge in [-0.15, -0.1) is 0 Å². The third kappa shape index (κ3) is 6.73. The van der Waals surface area contributed by atoms with Gasteiger partial charge in [-0.3, -0.25) is 0 Å². The Morgan fingerprint density at radius 3 is 2.30 bits per heavy atom. The number of benzene rings is 1. The smallest absolute Gasteiger partial charge is 0.138 e. The summed E-state index contributed by atoms with van der Waals surface area (Å²) in [5, 5.41) is 9.14. The first-order valence-corrected chi connectivity index (χ1v) is 6.62.